The summed E-state index contributed by atoms with van der Waals surface area (Å²) in [6.45, 7) is 1.52. The molecule has 0 atom stereocenters. The summed E-state index contributed by atoms with van der Waals surface area (Å²) in [5.74, 6) is 0. The predicted octanol–water partition coefficient (Wildman–Crippen LogP) is -2.31. The highest BCUT2D eigenvalue weighted by Gasteiger charge is 2.04. The average Bonchev–Trinajstić information content (AvgIpc) is 2.78. The van der Waals surface area contributed by atoms with Gasteiger partial charge in [0.05, 0.1) is 18.2 Å². The number of halogens is 1. The number of imidazole rings is 1. The summed E-state index contributed by atoms with van der Waals surface area (Å²) in [6, 6.07) is 9.65. The van der Waals surface area contributed by atoms with Crippen molar-refractivity contribution < 1.29 is 26.7 Å². The molecule has 0 aliphatic carbocycles. The van der Waals surface area contributed by atoms with Gasteiger partial charge in [-0.1, -0.05) is 12.1 Å². The van der Waals surface area contributed by atoms with Crippen molar-refractivity contribution in [2.24, 2.45) is 0 Å². The molecule has 18 heavy (non-hydrogen) atoms. The van der Waals surface area contributed by atoms with Gasteiger partial charge < -0.3 is 22.1 Å². The minimum absolute atomic E-state index is 0. The molecule has 1 N–H and O–H groups in total. The maximum Gasteiger partial charge on any atom is 0.244 e. The first-order valence-electron chi connectivity index (χ1n) is 5.46. The highest BCUT2D eigenvalue weighted by atomic mass is 79.9. The van der Waals surface area contributed by atoms with E-state index in [0.29, 0.717) is 12.1 Å². The molecule has 0 radical (unpaired) electrons. The van der Waals surface area contributed by atoms with Gasteiger partial charge in [-0.25, -0.2) is 9.13 Å². The van der Waals surface area contributed by atoms with Gasteiger partial charge >= 0.3 is 0 Å². The molecule has 0 saturated carbocycles. The summed E-state index contributed by atoms with van der Waals surface area (Å²) in [5.41, 5.74) is 1.83. The van der Waals surface area contributed by atoms with E-state index < -0.39 is 0 Å². The summed E-state index contributed by atoms with van der Waals surface area (Å²) in [7, 11) is 0. The maximum atomic E-state index is 8.82. The largest absolute Gasteiger partial charge is 1.00 e. The third-order valence-corrected chi connectivity index (χ3v) is 2.55. The van der Waals surface area contributed by atoms with Gasteiger partial charge in [-0.15, -0.1) is 0 Å². The molecule has 1 aromatic carbocycles. The molecule has 2 rings (SSSR count). The van der Waals surface area contributed by atoms with Crippen molar-refractivity contribution in [3.8, 4) is 6.07 Å². The molecule has 4 nitrogen and oxygen atoms in total. The van der Waals surface area contributed by atoms with Crippen molar-refractivity contribution in [1.82, 2.24) is 4.57 Å². The van der Waals surface area contributed by atoms with Crippen LogP contribution < -0.4 is 21.5 Å². The van der Waals surface area contributed by atoms with Crippen molar-refractivity contribution in [3.63, 3.8) is 0 Å². The van der Waals surface area contributed by atoms with Crippen LogP contribution in [-0.2, 0) is 13.1 Å². The van der Waals surface area contributed by atoms with Crippen LogP contribution in [0.25, 0.3) is 0 Å². The van der Waals surface area contributed by atoms with Gasteiger partial charge in [-0.05, 0) is 17.7 Å². The van der Waals surface area contributed by atoms with E-state index >= 15 is 0 Å². The van der Waals surface area contributed by atoms with Gasteiger partial charge in [0.15, 0.2) is 0 Å². The molecule has 1 aromatic heterocycles. The second-order valence-electron chi connectivity index (χ2n) is 3.86. The fourth-order valence-electron chi connectivity index (χ4n) is 1.68. The van der Waals surface area contributed by atoms with E-state index in [4.69, 9.17) is 10.4 Å². The van der Waals surface area contributed by atoms with Crippen LogP contribution in [-0.4, -0.2) is 16.3 Å². The Balaban J connectivity index is 0.00000162. The van der Waals surface area contributed by atoms with Crippen molar-refractivity contribution in [2.75, 3.05) is 6.61 Å². The van der Waals surface area contributed by atoms with E-state index in [9.17, 15) is 0 Å². The third-order valence-electron chi connectivity index (χ3n) is 2.55. The monoisotopic (exact) mass is 307 g/mol. The lowest BCUT2D eigenvalue weighted by atomic mass is 10.1. The first-order valence-corrected chi connectivity index (χ1v) is 5.46. The van der Waals surface area contributed by atoms with Crippen LogP contribution in [0.15, 0.2) is 43.0 Å². The number of hydrogen-bond donors (Lipinski definition) is 1. The Labute approximate surface area is 116 Å². The summed E-state index contributed by atoms with van der Waals surface area (Å²) in [4.78, 5) is 0. The lowest BCUT2D eigenvalue weighted by molar-refractivity contribution is -0.687. The van der Waals surface area contributed by atoms with E-state index in [1.807, 2.05) is 52.1 Å². The number of aliphatic hydroxyl groups excluding tert-OH is 1. The molecule has 0 aliphatic rings. The van der Waals surface area contributed by atoms with Gasteiger partial charge in [0, 0.05) is 0 Å². The second-order valence-corrected chi connectivity index (χ2v) is 3.86. The fraction of sp³-hybridized carbons (Fsp3) is 0.231. The van der Waals surface area contributed by atoms with Crippen LogP contribution in [0, 0.1) is 11.3 Å². The molecule has 2 aromatic rings. The van der Waals surface area contributed by atoms with Crippen LogP contribution in [0.5, 0.6) is 0 Å². The standard InChI is InChI=1S/C13H14N3O.BrH/c14-9-12-1-3-13(4-2-12)10-16-6-5-15(11-16)7-8-17;/h1-6,11,17H,7-8,10H2;1H/q+1;/p-1. The van der Waals surface area contributed by atoms with Crippen LogP contribution in [0.2, 0.25) is 0 Å². The molecule has 0 bridgehead atoms. The van der Waals surface area contributed by atoms with E-state index in [2.05, 4.69) is 6.07 Å². The maximum absolute atomic E-state index is 8.82. The molecule has 0 aliphatic heterocycles. The zero-order valence-electron chi connectivity index (χ0n) is 9.83. The molecule has 0 fully saturated rings. The quantitative estimate of drug-likeness (QED) is 0.646. The minimum Gasteiger partial charge on any atom is -1.00 e. The Morgan fingerprint density at radius 1 is 1.28 bits per heavy atom. The van der Waals surface area contributed by atoms with Crippen LogP contribution in [0.4, 0.5) is 0 Å². The molecule has 0 saturated heterocycles. The Bertz CT molecular complexity index is 528. The topological polar surface area (TPSA) is 52.8 Å². The first kappa shape index (κ1) is 14.4. The van der Waals surface area contributed by atoms with Gasteiger partial charge in [-0.3, -0.25) is 0 Å². The van der Waals surface area contributed by atoms with Gasteiger partial charge in [0.1, 0.15) is 25.5 Å². The molecule has 0 unspecified atom stereocenters. The van der Waals surface area contributed by atoms with Gasteiger partial charge in [0.25, 0.3) is 0 Å². The smallest absolute Gasteiger partial charge is 0.244 e. The zero-order valence-corrected chi connectivity index (χ0v) is 11.4. The van der Waals surface area contributed by atoms with Gasteiger partial charge in [0.2, 0.25) is 6.33 Å². The highest BCUT2D eigenvalue weighted by molar-refractivity contribution is 5.31. The Kier molecular flexibility index (Phi) is 5.56. The van der Waals surface area contributed by atoms with E-state index in [1.165, 1.54) is 0 Å². The fourth-order valence-corrected chi connectivity index (χ4v) is 1.68. The first-order chi connectivity index (χ1) is 8.31. The molecule has 5 heteroatoms. The molecule has 0 spiro atoms. The van der Waals surface area contributed by atoms with E-state index in [-0.39, 0.29) is 23.6 Å². The van der Waals surface area contributed by atoms with Crippen molar-refractivity contribution >= 4 is 0 Å². The highest BCUT2D eigenvalue weighted by Crippen LogP contribution is 2.02. The number of rotatable bonds is 4. The molecular weight excluding hydrogens is 294 g/mol. The summed E-state index contributed by atoms with van der Waals surface area (Å²) in [5, 5.41) is 17.5. The summed E-state index contributed by atoms with van der Waals surface area (Å²) < 4.78 is 3.97. The van der Waals surface area contributed by atoms with Crippen LogP contribution >= 0.6 is 0 Å². The number of benzene rings is 1. The van der Waals surface area contributed by atoms with Crippen molar-refractivity contribution in [3.05, 3.63) is 54.1 Å². The van der Waals surface area contributed by atoms with Crippen LogP contribution in [0.1, 0.15) is 11.1 Å². The number of hydrogen-bond acceptors (Lipinski definition) is 2. The summed E-state index contributed by atoms with van der Waals surface area (Å²) in [6.07, 6.45) is 5.85. The predicted molar refractivity (Wildman–Crippen MR) is 62.0 cm³/mol. The van der Waals surface area contributed by atoms with Crippen molar-refractivity contribution in [2.45, 2.75) is 13.1 Å². The van der Waals surface area contributed by atoms with Gasteiger partial charge in [-0.2, -0.15) is 5.26 Å². The minimum atomic E-state index is 0. The molecule has 0 amide bonds. The molecule has 94 valence electrons. The molecular formula is C13H14BrN3O. The Morgan fingerprint density at radius 3 is 2.61 bits per heavy atom. The molecule has 1 heterocycles. The second kappa shape index (κ2) is 6.94. The van der Waals surface area contributed by atoms with E-state index in [0.717, 1.165) is 12.1 Å². The number of aromatic nitrogens is 2. The zero-order chi connectivity index (χ0) is 12.1. The average molecular weight is 308 g/mol. The van der Waals surface area contributed by atoms with Crippen LogP contribution in [0.3, 0.4) is 0 Å². The van der Waals surface area contributed by atoms with E-state index in [1.54, 1.807) is 0 Å². The number of nitriles is 1. The number of nitrogens with zero attached hydrogens (tertiary/aromatic N) is 3. The van der Waals surface area contributed by atoms with Crippen molar-refractivity contribution in [1.29, 1.82) is 5.26 Å². The normalized spacial score (nSPS) is 9.56. The number of aliphatic hydroxyl groups is 1. The summed E-state index contributed by atoms with van der Waals surface area (Å²) >= 11 is 0. The Hall–Kier alpha value is -1.64. The lowest BCUT2D eigenvalue weighted by Crippen LogP contribution is -3.00. The third kappa shape index (κ3) is 3.69. The SMILES string of the molecule is N#Cc1ccc(C[n+]2ccn(CCO)c2)cc1.[Br-]. The Morgan fingerprint density at radius 2 is 2.00 bits per heavy atom. The lowest BCUT2D eigenvalue weighted by Gasteiger charge is -1.97.